The lowest BCUT2D eigenvalue weighted by molar-refractivity contribution is -0.114. The van der Waals surface area contributed by atoms with E-state index < -0.39 is 0 Å². The van der Waals surface area contributed by atoms with Gasteiger partial charge in [-0.15, -0.1) is 11.8 Å². The summed E-state index contributed by atoms with van der Waals surface area (Å²) < 4.78 is 0. The van der Waals surface area contributed by atoms with Crippen LogP contribution >= 0.6 is 11.8 Å². The molecule has 20 heavy (non-hydrogen) atoms. The number of carbonyl (C=O) groups excluding carboxylic acids is 1. The van der Waals surface area contributed by atoms with E-state index in [4.69, 9.17) is 0 Å². The van der Waals surface area contributed by atoms with Crippen LogP contribution in [0.3, 0.4) is 0 Å². The zero-order chi connectivity index (χ0) is 15.2. The summed E-state index contributed by atoms with van der Waals surface area (Å²) in [6.07, 6.45) is 0. The van der Waals surface area contributed by atoms with Crippen LogP contribution in [-0.4, -0.2) is 23.7 Å². The lowest BCUT2D eigenvalue weighted by Crippen LogP contribution is -2.39. The van der Waals surface area contributed by atoms with Crippen molar-refractivity contribution in [3.63, 3.8) is 0 Å². The fourth-order valence-electron chi connectivity index (χ4n) is 1.62. The Morgan fingerprint density at radius 2 is 1.85 bits per heavy atom. The highest BCUT2D eigenvalue weighted by atomic mass is 32.2. The average Bonchev–Trinajstić information content (AvgIpc) is 2.34. The van der Waals surface area contributed by atoms with Crippen LogP contribution < -0.4 is 10.6 Å². The van der Waals surface area contributed by atoms with Gasteiger partial charge in [0.25, 0.3) is 0 Å². The van der Waals surface area contributed by atoms with E-state index in [1.54, 1.807) is 0 Å². The van der Waals surface area contributed by atoms with Crippen LogP contribution in [0.4, 0.5) is 5.69 Å². The predicted molar refractivity (Wildman–Crippen MR) is 88.4 cm³/mol. The number of benzene rings is 1. The summed E-state index contributed by atoms with van der Waals surface area (Å²) in [7, 11) is 0. The molecule has 0 aliphatic heterocycles. The van der Waals surface area contributed by atoms with Crippen molar-refractivity contribution in [1.29, 1.82) is 0 Å². The first-order valence-corrected chi connectivity index (χ1v) is 8.00. The van der Waals surface area contributed by atoms with Gasteiger partial charge in [-0.05, 0) is 57.5 Å². The molecule has 3 nitrogen and oxygen atoms in total. The summed E-state index contributed by atoms with van der Waals surface area (Å²) in [5.41, 5.74) is 1.03. The average molecular weight is 294 g/mol. The van der Waals surface area contributed by atoms with E-state index in [1.807, 2.05) is 23.9 Å². The quantitative estimate of drug-likeness (QED) is 0.785. The minimum absolute atomic E-state index is 0.0349. The fraction of sp³-hybridized carbons (Fsp3) is 0.562. The van der Waals surface area contributed by atoms with Crippen molar-refractivity contribution in [3.05, 3.63) is 24.3 Å². The van der Waals surface area contributed by atoms with Crippen LogP contribution in [0.15, 0.2) is 29.2 Å². The molecule has 1 unspecified atom stereocenters. The molecule has 2 N–H and O–H groups in total. The summed E-state index contributed by atoms with van der Waals surface area (Å²) in [6.45, 7) is 11.4. The first-order valence-electron chi connectivity index (χ1n) is 7.02. The second-order valence-electron chi connectivity index (χ2n) is 6.25. The van der Waals surface area contributed by atoms with Gasteiger partial charge >= 0.3 is 0 Å². The fourth-order valence-corrected chi connectivity index (χ4v) is 2.54. The third kappa shape index (κ3) is 7.56. The Bertz CT molecular complexity index is 423. The molecule has 0 saturated carbocycles. The zero-order valence-electron chi connectivity index (χ0n) is 13.1. The first-order chi connectivity index (χ1) is 9.26. The van der Waals surface area contributed by atoms with Crippen molar-refractivity contribution >= 4 is 23.4 Å². The SMILES string of the molecule is CC(=O)Nc1ccc(SCC(C)CNC(C)(C)C)cc1. The summed E-state index contributed by atoms with van der Waals surface area (Å²) in [4.78, 5) is 12.2. The standard InChI is InChI=1S/C16H26N2OS/c1-12(10-17-16(3,4)5)11-20-15-8-6-14(7-9-15)18-13(2)19/h6-9,12,17H,10-11H2,1-5H3,(H,18,19). The third-order valence-corrected chi connectivity index (χ3v) is 4.03. The molecular formula is C16H26N2OS. The number of amides is 1. The molecule has 0 fully saturated rings. The smallest absolute Gasteiger partial charge is 0.221 e. The van der Waals surface area contributed by atoms with E-state index in [0.29, 0.717) is 5.92 Å². The second kappa shape index (κ2) is 7.70. The normalized spacial score (nSPS) is 13.1. The highest BCUT2D eigenvalue weighted by Gasteiger charge is 2.11. The highest BCUT2D eigenvalue weighted by molar-refractivity contribution is 7.99. The molecule has 4 heteroatoms. The van der Waals surface area contributed by atoms with Gasteiger partial charge in [-0.3, -0.25) is 4.79 Å². The molecule has 1 aromatic carbocycles. The Kier molecular flexibility index (Phi) is 6.56. The van der Waals surface area contributed by atoms with Gasteiger partial charge in [0.05, 0.1) is 0 Å². The van der Waals surface area contributed by atoms with E-state index in [2.05, 4.69) is 50.5 Å². The van der Waals surface area contributed by atoms with Crippen LogP contribution in [0.1, 0.15) is 34.6 Å². The Balaban J connectivity index is 2.36. The molecule has 1 amide bonds. The molecule has 1 aromatic rings. The lowest BCUT2D eigenvalue weighted by Gasteiger charge is -2.23. The van der Waals surface area contributed by atoms with Gasteiger partial charge in [0, 0.05) is 28.8 Å². The van der Waals surface area contributed by atoms with E-state index in [-0.39, 0.29) is 11.4 Å². The summed E-state index contributed by atoms with van der Waals surface area (Å²) >= 11 is 1.85. The zero-order valence-corrected chi connectivity index (χ0v) is 13.9. The first kappa shape index (κ1) is 17.1. The van der Waals surface area contributed by atoms with Crippen LogP contribution in [-0.2, 0) is 4.79 Å². The molecule has 0 spiro atoms. The molecule has 0 bridgehead atoms. The van der Waals surface area contributed by atoms with E-state index in [9.17, 15) is 4.79 Å². The Morgan fingerprint density at radius 3 is 2.35 bits per heavy atom. The monoisotopic (exact) mass is 294 g/mol. The molecule has 0 aliphatic rings. The van der Waals surface area contributed by atoms with E-state index in [0.717, 1.165) is 18.0 Å². The van der Waals surface area contributed by atoms with Crippen molar-refractivity contribution in [2.24, 2.45) is 5.92 Å². The van der Waals surface area contributed by atoms with Crippen molar-refractivity contribution in [3.8, 4) is 0 Å². The van der Waals surface area contributed by atoms with Crippen LogP contribution in [0.5, 0.6) is 0 Å². The summed E-state index contributed by atoms with van der Waals surface area (Å²) in [5, 5.41) is 6.30. The van der Waals surface area contributed by atoms with Crippen molar-refractivity contribution in [2.75, 3.05) is 17.6 Å². The summed E-state index contributed by atoms with van der Waals surface area (Å²) in [6, 6.07) is 8.00. The van der Waals surface area contributed by atoms with Crippen molar-refractivity contribution in [1.82, 2.24) is 5.32 Å². The Hall–Kier alpha value is -1.00. The molecule has 1 rings (SSSR count). The van der Waals surface area contributed by atoms with Gasteiger partial charge in [0.2, 0.25) is 5.91 Å². The Morgan fingerprint density at radius 1 is 1.25 bits per heavy atom. The van der Waals surface area contributed by atoms with E-state index in [1.165, 1.54) is 11.8 Å². The topological polar surface area (TPSA) is 41.1 Å². The summed E-state index contributed by atoms with van der Waals surface area (Å²) in [5.74, 6) is 1.67. The van der Waals surface area contributed by atoms with Crippen LogP contribution in [0.25, 0.3) is 0 Å². The van der Waals surface area contributed by atoms with Gasteiger partial charge in [0.1, 0.15) is 0 Å². The molecule has 112 valence electrons. The molecule has 0 aromatic heterocycles. The minimum Gasteiger partial charge on any atom is -0.326 e. The number of nitrogens with one attached hydrogen (secondary N) is 2. The molecule has 0 radical (unpaired) electrons. The number of thioether (sulfide) groups is 1. The van der Waals surface area contributed by atoms with Crippen LogP contribution in [0, 0.1) is 5.92 Å². The van der Waals surface area contributed by atoms with Crippen molar-refractivity contribution in [2.45, 2.75) is 45.1 Å². The highest BCUT2D eigenvalue weighted by Crippen LogP contribution is 2.22. The van der Waals surface area contributed by atoms with Gasteiger partial charge in [-0.2, -0.15) is 0 Å². The van der Waals surface area contributed by atoms with E-state index >= 15 is 0 Å². The number of carbonyl (C=O) groups is 1. The lowest BCUT2D eigenvalue weighted by atomic mass is 10.1. The largest absolute Gasteiger partial charge is 0.326 e. The maximum absolute atomic E-state index is 10.9. The molecule has 0 saturated heterocycles. The molecule has 1 atom stereocenters. The maximum Gasteiger partial charge on any atom is 0.221 e. The molecular weight excluding hydrogens is 268 g/mol. The van der Waals surface area contributed by atoms with Gasteiger partial charge < -0.3 is 10.6 Å². The minimum atomic E-state index is -0.0349. The predicted octanol–water partition coefficient (Wildman–Crippen LogP) is 3.76. The van der Waals surface area contributed by atoms with Gasteiger partial charge in [0.15, 0.2) is 0 Å². The number of hydrogen-bond donors (Lipinski definition) is 2. The second-order valence-corrected chi connectivity index (χ2v) is 7.35. The molecule has 0 heterocycles. The van der Waals surface area contributed by atoms with Crippen molar-refractivity contribution < 1.29 is 4.79 Å². The molecule has 0 aliphatic carbocycles. The Labute approximate surface area is 126 Å². The number of rotatable bonds is 6. The third-order valence-electron chi connectivity index (χ3n) is 2.69. The van der Waals surface area contributed by atoms with Gasteiger partial charge in [-0.25, -0.2) is 0 Å². The number of hydrogen-bond acceptors (Lipinski definition) is 3. The van der Waals surface area contributed by atoms with Gasteiger partial charge in [-0.1, -0.05) is 6.92 Å². The maximum atomic E-state index is 10.9. The van der Waals surface area contributed by atoms with Crippen LogP contribution in [0.2, 0.25) is 0 Å². The number of anilines is 1.